The number of nitrogens with one attached hydrogen (secondary N) is 3. The van der Waals surface area contributed by atoms with Gasteiger partial charge in [-0.3, -0.25) is 0 Å². The Morgan fingerprint density at radius 3 is 2.90 bits per heavy atom. The molecule has 158 valence electrons. The molecule has 1 fully saturated rings. The van der Waals surface area contributed by atoms with Crippen LogP contribution >= 0.6 is 0 Å². The van der Waals surface area contributed by atoms with Crippen molar-refractivity contribution in [2.24, 2.45) is 0 Å². The van der Waals surface area contributed by atoms with Crippen LogP contribution in [0.15, 0.2) is 22.7 Å². The lowest BCUT2D eigenvalue weighted by Crippen LogP contribution is -2.67. The summed E-state index contributed by atoms with van der Waals surface area (Å²) in [5.74, 6) is 1.37. The molecule has 9 nitrogen and oxygen atoms in total. The Labute approximate surface area is 173 Å². The second-order valence-electron chi connectivity index (χ2n) is 8.21. The number of ether oxygens (including phenoxy) is 1. The van der Waals surface area contributed by atoms with E-state index < -0.39 is 0 Å². The third kappa shape index (κ3) is 2.69. The second kappa shape index (κ2) is 6.75. The van der Waals surface area contributed by atoms with E-state index in [9.17, 15) is 9.90 Å². The Bertz CT molecular complexity index is 1110. The summed E-state index contributed by atoms with van der Waals surface area (Å²) in [7, 11) is 1.64. The van der Waals surface area contributed by atoms with E-state index in [1.165, 1.54) is 5.56 Å². The largest absolute Gasteiger partial charge is 0.497 e. The molecule has 4 heterocycles. The average molecular weight is 411 g/mol. The van der Waals surface area contributed by atoms with Crippen molar-refractivity contribution in [1.29, 1.82) is 0 Å². The Hall–Kier alpha value is -3.04. The van der Waals surface area contributed by atoms with Gasteiger partial charge in [0.15, 0.2) is 5.76 Å². The topological polar surface area (TPSA) is 116 Å². The number of methoxy groups -OCH3 is 1. The third-order valence-corrected chi connectivity index (χ3v) is 6.32. The van der Waals surface area contributed by atoms with Crippen LogP contribution in [0.25, 0.3) is 10.9 Å². The Morgan fingerprint density at radius 1 is 1.43 bits per heavy atom. The molecular weight excluding hydrogens is 386 g/mol. The van der Waals surface area contributed by atoms with E-state index in [2.05, 4.69) is 26.8 Å². The van der Waals surface area contributed by atoms with Crippen molar-refractivity contribution in [2.75, 3.05) is 38.7 Å². The van der Waals surface area contributed by atoms with Crippen LogP contribution < -0.4 is 15.4 Å². The molecule has 0 bridgehead atoms. The van der Waals surface area contributed by atoms with E-state index in [0.717, 1.165) is 22.3 Å². The minimum absolute atomic E-state index is 0.00325. The van der Waals surface area contributed by atoms with Gasteiger partial charge in [0.1, 0.15) is 17.1 Å². The highest BCUT2D eigenvalue weighted by Crippen LogP contribution is 2.45. The van der Waals surface area contributed by atoms with Gasteiger partial charge < -0.3 is 34.9 Å². The number of aliphatic hydroxyl groups is 1. The van der Waals surface area contributed by atoms with E-state index >= 15 is 0 Å². The molecule has 2 aliphatic rings. The van der Waals surface area contributed by atoms with E-state index in [1.807, 2.05) is 12.1 Å². The number of carbonyl (C=O) groups is 1. The fourth-order valence-electron chi connectivity index (χ4n) is 4.77. The molecule has 0 unspecified atom stereocenters. The maximum atomic E-state index is 12.8. The zero-order valence-electron chi connectivity index (χ0n) is 17.2. The number of benzene rings is 1. The molecule has 2 aromatic heterocycles. The van der Waals surface area contributed by atoms with Gasteiger partial charge in [0.05, 0.1) is 19.8 Å². The maximum absolute atomic E-state index is 12.8. The number of amides is 2. The quantitative estimate of drug-likeness (QED) is 0.525. The molecule has 2 aliphatic heterocycles. The Morgan fingerprint density at radius 2 is 2.23 bits per heavy atom. The second-order valence-corrected chi connectivity index (χ2v) is 8.21. The summed E-state index contributed by atoms with van der Waals surface area (Å²) in [5.41, 5.74) is 4.22. The number of aryl methyl sites for hydroxylation is 2. The number of hydrogen-bond donors (Lipinski definition) is 4. The molecule has 0 saturated carbocycles. The van der Waals surface area contributed by atoms with Crippen molar-refractivity contribution >= 4 is 22.6 Å². The summed E-state index contributed by atoms with van der Waals surface area (Å²) < 4.78 is 10.5. The van der Waals surface area contributed by atoms with Gasteiger partial charge >= 0.3 is 6.03 Å². The van der Waals surface area contributed by atoms with Crippen molar-refractivity contribution in [3.63, 3.8) is 0 Å². The zero-order valence-corrected chi connectivity index (χ0v) is 17.2. The molecule has 9 heteroatoms. The fraction of sp³-hybridized carbons (Fsp3) is 0.429. The highest BCUT2D eigenvalue weighted by Gasteiger charge is 2.52. The summed E-state index contributed by atoms with van der Waals surface area (Å²) in [5, 5.41) is 21.2. The van der Waals surface area contributed by atoms with Crippen LogP contribution in [0.4, 0.5) is 10.5 Å². The summed E-state index contributed by atoms with van der Waals surface area (Å²) in [6, 6.07) is 5.64. The van der Waals surface area contributed by atoms with E-state index in [1.54, 1.807) is 25.9 Å². The molecular formula is C21H25N5O4. The third-order valence-electron chi connectivity index (χ3n) is 6.32. The molecule has 1 spiro atoms. The van der Waals surface area contributed by atoms with E-state index in [-0.39, 0.29) is 24.1 Å². The predicted octanol–water partition coefficient (Wildman–Crippen LogP) is 2.20. The van der Waals surface area contributed by atoms with Crippen molar-refractivity contribution in [1.82, 2.24) is 20.4 Å². The SMILES string of the molecule is COc1ccc2c3c([nH]c2c1)[C@H](CO)NCC31CN(C(=O)Nc2c(C)noc2C)C1. The zero-order chi connectivity index (χ0) is 21.0. The number of anilines is 1. The van der Waals surface area contributed by atoms with Gasteiger partial charge in [-0.05, 0) is 31.5 Å². The van der Waals surface area contributed by atoms with Crippen LogP contribution in [0.2, 0.25) is 0 Å². The predicted molar refractivity (Wildman–Crippen MR) is 111 cm³/mol. The number of H-pyrrole nitrogens is 1. The number of urea groups is 1. The van der Waals surface area contributed by atoms with Crippen LogP contribution in [0.3, 0.4) is 0 Å². The molecule has 4 N–H and O–H groups in total. The van der Waals surface area contributed by atoms with Crippen molar-refractivity contribution in [2.45, 2.75) is 25.3 Å². The molecule has 3 aromatic rings. The summed E-state index contributed by atoms with van der Waals surface area (Å²) in [6.45, 7) is 5.44. The Kier molecular flexibility index (Phi) is 4.26. The standard InChI is InChI=1S/C21H25N5O4/c1-11-18(12(2)30-25-11)24-20(28)26-9-21(10-26)8-22-16(7-27)19-17(21)14-5-4-13(29-3)6-15(14)23-19/h4-6,16,22-23,27H,7-10H2,1-3H3,(H,24,28)/t16-/m0/s1. The maximum Gasteiger partial charge on any atom is 0.322 e. The normalized spacial score (nSPS) is 19.6. The van der Waals surface area contributed by atoms with Gasteiger partial charge in [-0.2, -0.15) is 0 Å². The summed E-state index contributed by atoms with van der Waals surface area (Å²) in [4.78, 5) is 18.1. The minimum Gasteiger partial charge on any atom is -0.497 e. The van der Waals surface area contributed by atoms with Crippen LogP contribution in [-0.2, 0) is 5.41 Å². The molecule has 0 aliphatic carbocycles. The minimum atomic E-state index is -0.204. The van der Waals surface area contributed by atoms with Crippen LogP contribution in [0.5, 0.6) is 5.75 Å². The number of aromatic nitrogens is 2. The van der Waals surface area contributed by atoms with E-state index in [4.69, 9.17) is 9.26 Å². The lowest BCUT2D eigenvalue weighted by molar-refractivity contribution is 0.0841. The number of carbonyl (C=O) groups excluding carboxylic acids is 1. The van der Waals surface area contributed by atoms with Gasteiger partial charge in [0.2, 0.25) is 0 Å². The smallest absolute Gasteiger partial charge is 0.322 e. The average Bonchev–Trinajstić information content (AvgIpc) is 3.26. The number of fused-ring (bicyclic) bond motifs is 4. The molecule has 1 atom stereocenters. The molecule has 1 aromatic carbocycles. The number of aromatic amines is 1. The summed E-state index contributed by atoms with van der Waals surface area (Å²) in [6.07, 6.45) is 0. The summed E-state index contributed by atoms with van der Waals surface area (Å²) >= 11 is 0. The monoisotopic (exact) mass is 411 g/mol. The fourth-order valence-corrected chi connectivity index (χ4v) is 4.77. The first-order valence-corrected chi connectivity index (χ1v) is 9.99. The number of hydrogen-bond acceptors (Lipinski definition) is 6. The number of nitrogens with zero attached hydrogens (tertiary/aromatic N) is 2. The molecule has 30 heavy (non-hydrogen) atoms. The van der Waals surface area contributed by atoms with Crippen molar-refractivity contribution < 1.29 is 19.2 Å². The number of rotatable bonds is 3. The first-order valence-electron chi connectivity index (χ1n) is 9.99. The molecule has 2 amide bonds. The van der Waals surface area contributed by atoms with Crippen LogP contribution in [-0.4, -0.2) is 59.5 Å². The number of aliphatic hydroxyl groups excluding tert-OH is 1. The van der Waals surface area contributed by atoms with Crippen LogP contribution in [0.1, 0.15) is 28.8 Å². The van der Waals surface area contributed by atoms with Gasteiger partial charge in [-0.1, -0.05) is 5.16 Å². The van der Waals surface area contributed by atoms with Gasteiger partial charge in [-0.15, -0.1) is 0 Å². The van der Waals surface area contributed by atoms with Gasteiger partial charge in [0, 0.05) is 47.7 Å². The van der Waals surface area contributed by atoms with E-state index in [0.29, 0.717) is 36.8 Å². The van der Waals surface area contributed by atoms with Crippen LogP contribution in [0, 0.1) is 13.8 Å². The number of likely N-dealkylation sites (tertiary alicyclic amines) is 1. The first kappa shape index (κ1) is 19.0. The highest BCUT2D eigenvalue weighted by molar-refractivity contribution is 5.93. The highest BCUT2D eigenvalue weighted by atomic mass is 16.5. The van der Waals surface area contributed by atoms with Gasteiger partial charge in [-0.25, -0.2) is 4.79 Å². The molecule has 0 radical (unpaired) electrons. The molecule has 1 saturated heterocycles. The first-order chi connectivity index (χ1) is 14.5. The lowest BCUT2D eigenvalue weighted by atomic mass is 9.69. The molecule has 5 rings (SSSR count). The van der Waals surface area contributed by atoms with Gasteiger partial charge in [0.25, 0.3) is 0 Å². The van der Waals surface area contributed by atoms with Crippen molar-refractivity contribution in [3.05, 3.63) is 40.9 Å². The lowest BCUT2D eigenvalue weighted by Gasteiger charge is -2.53. The Balaban J connectivity index is 1.45. The van der Waals surface area contributed by atoms with Crippen molar-refractivity contribution in [3.8, 4) is 5.75 Å².